The van der Waals surface area contributed by atoms with Gasteiger partial charge in [0.15, 0.2) is 36.9 Å². The zero-order chi connectivity index (χ0) is 33.0. The average molecular weight is 705 g/mol. The van der Waals surface area contributed by atoms with E-state index in [9.17, 15) is 59.1 Å². The second-order valence-electron chi connectivity index (χ2n) is 10.3. The van der Waals surface area contributed by atoms with Crippen LogP contribution in [0.25, 0.3) is 0 Å². The van der Waals surface area contributed by atoms with Crippen molar-refractivity contribution in [3.05, 3.63) is 60.2 Å². The molecule has 4 rings (SSSR count). The van der Waals surface area contributed by atoms with Gasteiger partial charge in [-0.1, -0.05) is 0 Å². The predicted molar refractivity (Wildman–Crippen MR) is 138 cm³/mol. The van der Waals surface area contributed by atoms with Gasteiger partial charge in [-0.15, -0.1) is 0 Å². The second-order valence-corrected chi connectivity index (χ2v) is 12.7. The molecule has 6 N–H and O–H groups in total. The van der Waals surface area contributed by atoms with Crippen molar-refractivity contribution in [3.8, 4) is 0 Å². The minimum atomic E-state index is -4.91. The number of nitrogens with zero attached hydrogens (tertiary/aromatic N) is 2. The Morgan fingerprint density at radius 2 is 1.07 bits per heavy atom. The van der Waals surface area contributed by atoms with Crippen molar-refractivity contribution in [2.75, 3.05) is 13.2 Å². The van der Waals surface area contributed by atoms with Crippen LogP contribution < -0.4 is 29.1 Å². The average Bonchev–Trinajstić information content (AvgIpc) is 3.40. The number of aromatic nitrogens is 2. The normalized spacial score (nSPS) is 30.2. The van der Waals surface area contributed by atoms with Gasteiger partial charge in [0.25, 0.3) is 15.6 Å². The van der Waals surface area contributed by atoms with Crippen molar-refractivity contribution >= 4 is 65.3 Å². The fourth-order valence-corrected chi connectivity index (χ4v) is 5.90. The molecule has 2 aliphatic rings. The van der Waals surface area contributed by atoms with Crippen molar-refractivity contribution in [2.24, 2.45) is 11.8 Å². The number of aliphatic hydroxyl groups is 4. The van der Waals surface area contributed by atoms with Crippen LogP contribution in [0.4, 0.5) is 0 Å². The molecule has 2 heterocycles. The number of rotatable bonds is 10. The van der Waals surface area contributed by atoms with E-state index in [0.717, 1.165) is 0 Å². The molecule has 2 aromatic heterocycles. The van der Waals surface area contributed by atoms with Crippen LogP contribution in [0.15, 0.2) is 49.1 Å². The zero-order valence-electron chi connectivity index (χ0n) is 23.3. The van der Waals surface area contributed by atoms with E-state index in [1.54, 1.807) is 0 Å². The summed E-state index contributed by atoms with van der Waals surface area (Å²) in [4.78, 5) is 60.0. The van der Waals surface area contributed by atoms with Gasteiger partial charge < -0.3 is 68.8 Å². The van der Waals surface area contributed by atoms with Crippen LogP contribution in [0, 0.1) is 11.8 Å². The number of carbonyl (C=O) groups is 2. The van der Waals surface area contributed by atoms with Crippen molar-refractivity contribution in [1.82, 2.24) is 0 Å². The van der Waals surface area contributed by atoms with E-state index in [1.807, 2.05) is 0 Å². The maximum atomic E-state index is 10.8. The molecule has 2 aliphatic carbocycles. The number of carbonyl (C=O) groups excluding carboxylic acids is 2. The molecule has 45 heavy (non-hydrogen) atoms. The fourth-order valence-electron chi connectivity index (χ4n) is 5.14. The Morgan fingerprint density at radius 1 is 0.733 bits per heavy atom. The number of hydrogen-bond donors (Lipinski definition) is 6. The Hall–Kier alpha value is -1.44. The van der Waals surface area contributed by atoms with Crippen LogP contribution in [-0.2, 0) is 18.2 Å². The molecule has 0 aromatic carbocycles. The summed E-state index contributed by atoms with van der Waals surface area (Å²) < 4.78 is 32.5. The molecule has 244 valence electrons. The second kappa shape index (κ2) is 16.6. The molecule has 18 nitrogen and oxygen atoms in total. The maximum absolute atomic E-state index is 10.8. The topological polar surface area (TPSA) is 308 Å². The molecular weight excluding hydrogens is 674 g/mol. The zero-order valence-corrected chi connectivity index (χ0v) is 27.3. The molecule has 0 bridgehead atoms. The van der Waals surface area contributed by atoms with Gasteiger partial charge in [0.1, 0.15) is 12.2 Å². The molecule has 0 amide bonds. The Bertz CT molecular complexity index is 1320. The molecular formula is C24H30CaN2O16P2. The summed E-state index contributed by atoms with van der Waals surface area (Å²) in [5.74, 6) is -4.22. The van der Waals surface area contributed by atoms with Crippen molar-refractivity contribution < 1.29 is 87.1 Å². The molecule has 0 saturated heterocycles. The van der Waals surface area contributed by atoms with E-state index >= 15 is 0 Å². The van der Waals surface area contributed by atoms with Gasteiger partial charge in [-0.2, -0.15) is 9.13 Å². The van der Waals surface area contributed by atoms with Gasteiger partial charge in [0.2, 0.25) is 0 Å². The number of phosphoric acid groups is 2. The summed E-state index contributed by atoms with van der Waals surface area (Å²) >= 11 is 0. The van der Waals surface area contributed by atoms with E-state index in [1.165, 1.54) is 58.2 Å². The largest absolute Gasteiger partial charge is 2.00 e. The first kappa shape index (κ1) is 39.7. The van der Waals surface area contributed by atoms with Crippen LogP contribution in [0.2, 0.25) is 0 Å². The Balaban J connectivity index is 0.000000307. The number of phosphoric ester groups is 2. The van der Waals surface area contributed by atoms with Crippen molar-refractivity contribution in [2.45, 2.75) is 49.3 Å². The van der Waals surface area contributed by atoms with Gasteiger partial charge in [0, 0.05) is 36.8 Å². The molecule has 2 fully saturated rings. The van der Waals surface area contributed by atoms with Gasteiger partial charge in [0.05, 0.1) is 48.5 Å². The molecule has 21 heteroatoms. The van der Waals surface area contributed by atoms with Crippen LogP contribution in [-0.4, -0.2) is 118 Å². The summed E-state index contributed by atoms with van der Waals surface area (Å²) in [5, 5.41) is 61.6. The summed E-state index contributed by atoms with van der Waals surface area (Å²) in [6, 6.07) is 4.23. The van der Waals surface area contributed by atoms with E-state index < -0.39 is 89.1 Å². The van der Waals surface area contributed by atoms with Gasteiger partial charge in [-0.3, -0.25) is 9.13 Å². The van der Waals surface area contributed by atoms with Crippen molar-refractivity contribution in [1.29, 1.82) is 0 Å². The van der Waals surface area contributed by atoms with E-state index in [2.05, 4.69) is 9.05 Å². The standard InChI is InChI=1S/2C12H16NO8P.Ca/c2*14-10-8(6-21-22(18,19)20)4-9(11(10)15)13-3-1-2-7(5-13)12(16)17;/h2*1-3,5,8-11,14-15H,4,6H2,(H2-,16,17,18,19,20);/q;;+2/p-2/t2*8-,9-,10-,11+;/m11./s1. The predicted octanol–water partition coefficient (Wildman–Crippen LogP) is -6.19. The first-order chi connectivity index (χ1) is 20.4. The summed E-state index contributed by atoms with van der Waals surface area (Å²) in [6.07, 6.45) is 0.814. The Labute approximate surface area is 285 Å². The smallest absolute Gasteiger partial charge is 0.756 e. The number of hydrogen-bond acceptors (Lipinski definition) is 14. The van der Waals surface area contributed by atoms with E-state index in [4.69, 9.17) is 9.79 Å². The molecule has 0 spiro atoms. The number of aliphatic hydroxyl groups excluding tert-OH is 4. The van der Waals surface area contributed by atoms with Gasteiger partial charge in [-0.25, -0.2) is 0 Å². The molecule has 2 aromatic rings. The third-order valence-electron chi connectivity index (χ3n) is 7.33. The molecule has 2 unspecified atom stereocenters. The first-order valence-corrected chi connectivity index (χ1v) is 15.9. The summed E-state index contributed by atoms with van der Waals surface area (Å²) in [6.45, 7) is -0.959. The number of carboxylic acid groups (broad SMARTS) is 2. The fraction of sp³-hybridized carbons (Fsp3) is 0.500. The molecule has 10 atom stereocenters. The van der Waals surface area contributed by atoms with Crippen LogP contribution >= 0.6 is 15.6 Å². The minimum absolute atomic E-state index is 0. The monoisotopic (exact) mass is 704 g/mol. The third kappa shape index (κ3) is 11.3. The number of aromatic carboxylic acids is 2. The third-order valence-corrected chi connectivity index (χ3v) is 8.28. The minimum Gasteiger partial charge on any atom is -0.756 e. The van der Waals surface area contributed by atoms with Crippen LogP contribution in [0.1, 0.15) is 45.6 Å². The summed E-state index contributed by atoms with van der Waals surface area (Å²) in [5.41, 5.74) is -0.188. The van der Waals surface area contributed by atoms with E-state index in [0.29, 0.717) is 0 Å². The molecule has 0 radical (unpaired) electrons. The van der Waals surface area contributed by atoms with E-state index in [-0.39, 0.29) is 61.7 Å². The van der Waals surface area contributed by atoms with Crippen LogP contribution in [0.5, 0.6) is 0 Å². The van der Waals surface area contributed by atoms with Gasteiger partial charge in [-0.05, 0) is 12.1 Å². The SMILES string of the molecule is O=C([O-])c1ccc[n+]([C@@H]2C[C@H](COP(=O)([O-])O)[C@@H](O)[C@H]2O)c1.O=C([O-])c1ccc[n+]([C@@H]2C[C@H](COP(=O)([O-])O)[C@@H](O)[C@H]2O)c1.[Ca+2]. The quantitative estimate of drug-likeness (QED) is 0.0761. The maximum Gasteiger partial charge on any atom is 2.00 e. The summed E-state index contributed by atoms with van der Waals surface area (Å²) in [7, 11) is -9.83. The number of carboxylic acids is 2. The van der Waals surface area contributed by atoms with Crippen molar-refractivity contribution in [3.63, 3.8) is 0 Å². The Morgan fingerprint density at radius 3 is 1.36 bits per heavy atom. The molecule has 2 saturated carbocycles. The number of pyridine rings is 2. The van der Waals surface area contributed by atoms with Gasteiger partial charge >= 0.3 is 37.7 Å². The first-order valence-electron chi connectivity index (χ1n) is 12.9. The van der Waals surface area contributed by atoms with Crippen LogP contribution in [0.3, 0.4) is 0 Å². The molecule has 0 aliphatic heterocycles. The Kier molecular flexibility index (Phi) is 14.7.